The van der Waals surface area contributed by atoms with Crippen molar-refractivity contribution in [2.24, 2.45) is 0 Å². The molecule has 4 amide bonds. The lowest BCUT2D eigenvalue weighted by Gasteiger charge is -2.30. The third kappa shape index (κ3) is 9.03. The molecule has 3 aromatic carbocycles. The van der Waals surface area contributed by atoms with E-state index in [1.54, 1.807) is 36.2 Å². The molecule has 1 heterocycles. The van der Waals surface area contributed by atoms with Crippen LogP contribution in [0.5, 0.6) is 11.5 Å². The molecule has 1 aliphatic rings. The van der Waals surface area contributed by atoms with Gasteiger partial charge in [-0.15, -0.1) is 0 Å². The summed E-state index contributed by atoms with van der Waals surface area (Å²) in [6.45, 7) is 0.161. The number of benzene rings is 3. The minimum atomic E-state index is -1.05. The lowest BCUT2D eigenvalue weighted by molar-refractivity contribution is -0.140. The molecular weight excluding hydrogens is 567 g/mol. The molecule has 11 heteroatoms. The average molecular weight is 605 g/mol. The van der Waals surface area contributed by atoms with Gasteiger partial charge in [-0.3, -0.25) is 19.2 Å². The number of rotatable bonds is 7. The summed E-state index contributed by atoms with van der Waals surface area (Å²) < 4.78 is 24.8. The smallest absolute Gasteiger partial charge is 0.255 e. The van der Waals surface area contributed by atoms with Gasteiger partial charge in [0.2, 0.25) is 17.7 Å². The van der Waals surface area contributed by atoms with Crippen molar-refractivity contribution in [3.05, 3.63) is 95.8 Å². The van der Waals surface area contributed by atoms with E-state index in [-0.39, 0.29) is 68.4 Å². The van der Waals surface area contributed by atoms with Crippen molar-refractivity contribution in [2.75, 3.05) is 40.4 Å². The Bertz CT molecular complexity index is 1440. The zero-order valence-electron chi connectivity index (χ0n) is 24.8. The number of fused-ring (bicyclic) bond motifs is 1. The summed E-state index contributed by atoms with van der Waals surface area (Å²) in [7, 11) is 3.21. The fourth-order valence-corrected chi connectivity index (χ4v) is 4.73. The zero-order chi connectivity index (χ0) is 31.5. The van der Waals surface area contributed by atoms with Gasteiger partial charge in [-0.25, -0.2) is 4.39 Å². The van der Waals surface area contributed by atoms with E-state index >= 15 is 0 Å². The number of ether oxygens (including phenoxy) is 2. The molecule has 3 aromatic rings. The summed E-state index contributed by atoms with van der Waals surface area (Å²) in [4.78, 5) is 55.8. The Labute approximate surface area is 256 Å². The molecule has 44 heavy (non-hydrogen) atoms. The van der Waals surface area contributed by atoms with Gasteiger partial charge in [-0.05, 0) is 54.8 Å². The van der Waals surface area contributed by atoms with Crippen LogP contribution in [0.25, 0.3) is 0 Å². The number of nitrogens with zero attached hydrogens (tertiary/aromatic N) is 2. The topological polar surface area (TPSA) is 117 Å². The van der Waals surface area contributed by atoms with Gasteiger partial charge in [0, 0.05) is 20.5 Å². The first-order chi connectivity index (χ1) is 21.2. The fraction of sp³-hybridized carbons (Fsp3) is 0.333. The number of likely N-dealkylation sites (N-methyl/N-ethyl adjacent to an activating group) is 2. The Morgan fingerprint density at radius 3 is 2.43 bits per heavy atom. The molecule has 0 bridgehead atoms. The van der Waals surface area contributed by atoms with Crippen LogP contribution in [0.1, 0.15) is 28.8 Å². The van der Waals surface area contributed by atoms with Crippen LogP contribution in [-0.2, 0) is 20.8 Å². The number of hydrogen-bond acceptors (Lipinski definition) is 6. The lowest BCUT2D eigenvalue weighted by atomic mass is 10.1. The van der Waals surface area contributed by atoms with Gasteiger partial charge in [0.15, 0.2) is 0 Å². The summed E-state index contributed by atoms with van der Waals surface area (Å²) in [5, 5.41) is 5.47. The molecule has 0 saturated heterocycles. The van der Waals surface area contributed by atoms with Crippen molar-refractivity contribution in [1.82, 2.24) is 20.4 Å². The molecule has 0 spiro atoms. The molecule has 1 aliphatic heterocycles. The van der Waals surface area contributed by atoms with E-state index in [0.717, 1.165) is 5.56 Å². The zero-order valence-corrected chi connectivity index (χ0v) is 24.8. The largest absolute Gasteiger partial charge is 0.492 e. The van der Waals surface area contributed by atoms with Crippen molar-refractivity contribution in [3.63, 3.8) is 0 Å². The van der Waals surface area contributed by atoms with Crippen LogP contribution < -0.4 is 20.1 Å². The average Bonchev–Trinajstić information content (AvgIpc) is 3.03. The maximum absolute atomic E-state index is 13.4. The van der Waals surface area contributed by atoms with Crippen LogP contribution in [-0.4, -0.2) is 85.9 Å². The van der Waals surface area contributed by atoms with Gasteiger partial charge >= 0.3 is 0 Å². The first-order valence-electron chi connectivity index (χ1n) is 14.4. The highest BCUT2D eigenvalue weighted by Gasteiger charge is 2.28. The van der Waals surface area contributed by atoms with Gasteiger partial charge in [-0.2, -0.15) is 0 Å². The van der Waals surface area contributed by atoms with Crippen LogP contribution in [0, 0.1) is 5.82 Å². The first kappa shape index (κ1) is 32.0. The van der Waals surface area contributed by atoms with Gasteiger partial charge in [-0.1, -0.05) is 42.5 Å². The van der Waals surface area contributed by atoms with Gasteiger partial charge in [0.1, 0.15) is 36.6 Å². The Hall–Kier alpha value is -4.93. The Kier molecular flexibility index (Phi) is 11.3. The summed E-state index contributed by atoms with van der Waals surface area (Å²) in [6, 6.07) is 20.4. The number of nitrogens with one attached hydrogen (secondary N) is 2. The maximum Gasteiger partial charge on any atom is 0.255 e. The van der Waals surface area contributed by atoms with Crippen LogP contribution in [0.2, 0.25) is 0 Å². The van der Waals surface area contributed by atoms with Crippen LogP contribution >= 0.6 is 0 Å². The SMILES string of the molecule is CN1CC(=O)N(C)[C@H](Cc2ccccc2)COc2ccccc2C(=O)N[C@H](C(=O)NCCOc2ccc(F)cc2)CCC1=O. The number of para-hydroxylation sites is 1. The standard InChI is InChI=1S/C33H37FN4O6/c1-37-21-31(40)38(2)25(20-23-8-4-3-5-9-23)22-44-29-11-7-6-10-27(29)32(41)36-28(16-17-30(37)39)33(42)35-18-19-43-26-14-12-24(34)13-15-26/h3-15,25,28H,16-22H2,1-2H3,(H,35,42)(H,36,41)/t25-,28+/m1/s1. The predicted molar refractivity (Wildman–Crippen MR) is 162 cm³/mol. The van der Waals surface area contributed by atoms with E-state index in [1.165, 1.54) is 36.2 Å². The second-order valence-electron chi connectivity index (χ2n) is 10.6. The molecule has 0 radical (unpaired) electrons. The Morgan fingerprint density at radius 1 is 0.977 bits per heavy atom. The van der Waals surface area contributed by atoms with Crippen molar-refractivity contribution >= 4 is 23.6 Å². The first-order valence-corrected chi connectivity index (χ1v) is 14.4. The molecule has 0 saturated carbocycles. The number of amides is 4. The van der Waals surface area contributed by atoms with Crippen LogP contribution in [0.3, 0.4) is 0 Å². The number of hydrogen-bond donors (Lipinski definition) is 2. The third-order valence-corrected chi connectivity index (χ3v) is 7.37. The normalized spacial score (nSPS) is 18.3. The van der Waals surface area contributed by atoms with E-state index in [1.807, 2.05) is 30.3 Å². The molecule has 2 N–H and O–H groups in total. The second kappa shape index (κ2) is 15.5. The molecular formula is C33H37FN4O6. The Morgan fingerprint density at radius 2 is 1.68 bits per heavy atom. The lowest BCUT2D eigenvalue weighted by Crippen LogP contribution is -2.48. The second-order valence-corrected chi connectivity index (χ2v) is 10.6. The highest BCUT2D eigenvalue weighted by atomic mass is 19.1. The van der Waals surface area contributed by atoms with E-state index in [2.05, 4.69) is 10.6 Å². The summed E-state index contributed by atoms with van der Waals surface area (Å²) in [5.41, 5.74) is 1.22. The van der Waals surface area contributed by atoms with E-state index in [0.29, 0.717) is 17.9 Å². The number of carbonyl (C=O) groups is 4. The molecule has 0 aliphatic carbocycles. The van der Waals surface area contributed by atoms with Crippen molar-refractivity contribution in [3.8, 4) is 11.5 Å². The van der Waals surface area contributed by atoms with Crippen molar-refractivity contribution < 1.29 is 33.0 Å². The molecule has 0 fully saturated rings. The Balaban J connectivity index is 1.51. The quantitative estimate of drug-likeness (QED) is 0.401. The highest BCUT2D eigenvalue weighted by molar-refractivity contribution is 5.99. The van der Waals surface area contributed by atoms with Crippen molar-refractivity contribution in [1.29, 1.82) is 0 Å². The molecule has 0 unspecified atom stereocenters. The number of halogens is 1. The van der Waals surface area contributed by atoms with E-state index in [4.69, 9.17) is 9.47 Å². The van der Waals surface area contributed by atoms with Crippen molar-refractivity contribution in [2.45, 2.75) is 31.3 Å². The van der Waals surface area contributed by atoms with Gasteiger partial charge in [0.05, 0.1) is 24.7 Å². The highest BCUT2D eigenvalue weighted by Crippen LogP contribution is 2.21. The van der Waals surface area contributed by atoms with E-state index < -0.39 is 17.9 Å². The summed E-state index contributed by atoms with van der Waals surface area (Å²) in [5.74, 6) is -1.29. The van der Waals surface area contributed by atoms with Crippen LogP contribution in [0.4, 0.5) is 4.39 Å². The van der Waals surface area contributed by atoms with Gasteiger partial charge in [0.25, 0.3) is 5.91 Å². The fourth-order valence-electron chi connectivity index (χ4n) is 4.73. The summed E-state index contributed by atoms with van der Waals surface area (Å²) >= 11 is 0. The molecule has 0 aromatic heterocycles. The minimum absolute atomic E-state index is 0.00323. The maximum atomic E-state index is 13.4. The monoisotopic (exact) mass is 604 g/mol. The van der Waals surface area contributed by atoms with Crippen LogP contribution in [0.15, 0.2) is 78.9 Å². The van der Waals surface area contributed by atoms with E-state index in [9.17, 15) is 23.6 Å². The molecule has 2 atom stereocenters. The third-order valence-electron chi connectivity index (χ3n) is 7.37. The predicted octanol–water partition coefficient (Wildman–Crippen LogP) is 2.82. The minimum Gasteiger partial charge on any atom is -0.492 e. The molecule has 10 nitrogen and oxygen atoms in total. The molecule has 232 valence electrons. The molecule has 4 rings (SSSR count). The number of carbonyl (C=O) groups excluding carboxylic acids is 4. The van der Waals surface area contributed by atoms with Gasteiger partial charge < -0.3 is 29.9 Å². The summed E-state index contributed by atoms with van der Waals surface area (Å²) in [6.07, 6.45) is 0.426.